The number of amides is 1. The van der Waals surface area contributed by atoms with E-state index >= 15 is 0 Å². The van der Waals surface area contributed by atoms with Gasteiger partial charge in [0.25, 0.3) is 0 Å². The van der Waals surface area contributed by atoms with Crippen LogP contribution in [-0.2, 0) is 21.2 Å². The zero-order valence-electron chi connectivity index (χ0n) is 12.9. The van der Waals surface area contributed by atoms with Gasteiger partial charge in [-0.15, -0.1) is 0 Å². The summed E-state index contributed by atoms with van der Waals surface area (Å²) in [6, 6.07) is 5.16. The Morgan fingerprint density at radius 3 is 2.57 bits per heavy atom. The normalized spacial score (nSPS) is 15.0. The van der Waals surface area contributed by atoms with Crippen molar-refractivity contribution in [3.05, 3.63) is 33.8 Å². The minimum absolute atomic E-state index is 0.0131. The SMILES string of the molecule is CS(=O)(=O)N(CCNC(=O)C1CC1)CCc1ccc(Cl)cc1Cl. The predicted octanol–water partition coefficient (Wildman–Crippen LogP) is 2.32. The van der Waals surface area contributed by atoms with E-state index in [2.05, 4.69) is 5.32 Å². The molecule has 1 aliphatic rings. The first-order chi connectivity index (χ1) is 10.8. The van der Waals surface area contributed by atoms with Crippen LogP contribution in [-0.4, -0.2) is 44.5 Å². The number of hydrogen-bond donors (Lipinski definition) is 1. The summed E-state index contributed by atoms with van der Waals surface area (Å²) in [5, 5.41) is 3.84. The molecule has 1 aromatic carbocycles. The van der Waals surface area contributed by atoms with Gasteiger partial charge in [-0.3, -0.25) is 4.79 Å². The molecule has 1 fully saturated rings. The summed E-state index contributed by atoms with van der Waals surface area (Å²) in [6.07, 6.45) is 3.51. The Hall–Kier alpha value is -0.820. The van der Waals surface area contributed by atoms with Crippen molar-refractivity contribution in [2.75, 3.05) is 25.9 Å². The van der Waals surface area contributed by atoms with E-state index in [9.17, 15) is 13.2 Å². The molecule has 0 heterocycles. The maximum Gasteiger partial charge on any atom is 0.223 e. The van der Waals surface area contributed by atoms with Gasteiger partial charge in [0.05, 0.1) is 6.26 Å². The Morgan fingerprint density at radius 2 is 2.00 bits per heavy atom. The molecular weight excluding hydrogens is 359 g/mol. The first-order valence-corrected chi connectivity index (χ1v) is 10.0. The minimum atomic E-state index is -3.35. The molecule has 8 heteroatoms. The first kappa shape index (κ1) is 18.5. The number of nitrogens with zero attached hydrogens (tertiary/aromatic N) is 1. The van der Waals surface area contributed by atoms with Gasteiger partial charge in [-0.25, -0.2) is 12.7 Å². The average molecular weight is 379 g/mol. The van der Waals surface area contributed by atoms with Crippen LogP contribution in [0, 0.1) is 5.92 Å². The van der Waals surface area contributed by atoms with E-state index < -0.39 is 10.0 Å². The molecular formula is C15H20Cl2N2O3S. The van der Waals surface area contributed by atoms with Crippen LogP contribution in [0.15, 0.2) is 18.2 Å². The fourth-order valence-electron chi connectivity index (χ4n) is 2.21. The van der Waals surface area contributed by atoms with Gasteiger partial charge in [0, 0.05) is 35.6 Å². The minimum Gasteiger partial charge on any atom is -0.355 e. The average Bonchev–Trinajstić information content (AvgIpc) is 3.27. The van der Waals surface area contributed by atoms with E-state index in [4.69, 9.17) is 23.2 Å². The highest BCUT2D eigenvalue weighted by Crippen LogP contribution is 2.28. The number of nitrogens with one attached hydrogen (secondary N) is 1. The highest BCUT2D eigenvalue weighted by molar-refractivity contribution is 7.88. The maximum atomic E-state index is 11.9. The molecule has 23 heavy (non-hydrogen) atoms. The van der Waals surface area contributed by atoms with Crippen molar-refractivity contribution in [2.24, 2.45) is 5.92 Å². The van der Waals surface area contributed by atoms with Gasteiger partial charge in [0.15, 0.2) is 0 Å². The van der Waals surface area contributed by atoms with Crippen LogP contribution in [0.4, 0.5) is 0 Å². The number of benzene rings is 1. The van der Waals surface area contributed by atoms with Crippen molar-refractivity contribution < 1.29 is 13.2 Å². The van der Waals surface area contributed by atoms with Gasteiger partial charge in [-0.1, -0.05) is 29.3 Å². The molecule has 1 saturated carbocycles. The molecule has 1 N–H and O–H groups in total. The lowest BCUT2D eigenvalue weighted by atomic mass is 10.1. The highest BCUT2D eigenvalue weighted by Gasteiger charge is 2.29. The van der Waals surface area contributed by atoms with Gasteiger partial charge >= 0.3 is 0 Å². The van der Waals surface area contributed by atoms with Crippen molar-refractivity contribution >= 4 is 39.1 Å². The van der Waals surface area contributed by atoms with Gasteiger partial charge in [0.2, 0.25) is 15.9 Å². The number of carbonyl (C=O) groups excluding carboxylic acids is 1. The van der Waals surface area contributed by atoms with Gasteiger partial charge in [-0.2, -0.15) is 0 Å². The van der Waals surface area contributed by atoms with E-state index in [0.717, 1.165) is 18.4 Å². The third-order valence-electron chi connectivity index (χ3n) is 3.72. The molecule has 0 aromatic heterocycles. The van der Waals surface area contributed by atoms with Crippen LogP contribution >= 0.6 is 23.2 Å². The van der Waals surface area contributed by atoms with Crippen LogP contribution in [0.5, 0.6) is 0 Å². The van der Waals surface area contributed by atoms with Crippen molar-refractivity contribution in [2.45, 2.75) is 19.3 Å². The van der Waals surface area contributed by atoms with Crippen LogP contribution in [0.2, 0.25) is 10.0 Å². The second kappa shape index (κ2) is 7.83. The van der Waals surface area contributed by atoms with E-state index in [1.165, 1.54) is 10.6 Å². The zero-order chi connectivity index (χ0) is 17.0. The van der Waals surface area contributed by atoms with Crippen molar-refractivity contribution in [1.82, 2.24) is 9.62 Å². The summed E-state index contributed by atoms with van der Waals surface area (Å²) in [7, 11) is -3.35. The Morgan fingerprint density at radius 1 is 1.30 bits per heavy atom. The molecule has 0 spiro atoms. The molecule has 0 radical (unpaired) electrons. The molecule has 0 aliphatic heterocycles. The van der Waals surface area contributed by atoms with Crippen molar-refractivity contribution in [1.29, 1.82) is 0 Å². The monoisotopic (exact) mass is 378 g/mol. The Kier molecular flexibility index (Phi) is 6.31. The van der Waals surface area contributed by atoms with Crippen LogP contribution in [0.1, 0.15) is 18.4 Å². The summed E-state index contributed by atoms with van der Waals surface area (Å²) in [5.74, 6) is 0.133. The topological polar surface area (TPSA) is 66.5 Å². The summed E-state index contributed by atoms with van der Waals surface area (Å²) >= 11 is 12.0. The number of hydrogen-bond acceptors (Lipinski definition) is 3. The standard InChI is InChI=1S/C15H20Cl2N2O3S/c1-23(21,22)19(9-7-18-15(20)12-2-3-12)8-6-11-4-5-13(16)10-14(11)17/h4-5,10,12H,2-3,6-9H2,1H3,(H,18,20). The molecule has 0 saturated heterocycles. The first-order valence-electron chi connectivity index (χ1n) is 7.44. The third kappa shape index (κ3) is 5.95. The molecule has 128 valence electrons. The van der Waals surface area contributed by atoms with Gasteiger partial charge in [-0.05, 0) is 37.0 Å². The highest BCUT2D eigenvalue weighted by atomic mass is 35.5. The largest absolute Gasteiger partial charge is 0.355 e. The zero-order valence-corrected chi connectivity index (χ0v) is 15.2. The van der Waals surface area contributed by atoms with Crippen molar-refractivity contribution in [3.8, 4) is 0 Å². The number of halogens is 2. The van der Waals surface area contributed by atoms with E-state index in [-0.39, 0.29) is 18.4 Å². The molecule has 1 amide bonds. The van der Waals surface area contributed by atoms with Crippen molar-refractivity contribution in [3.63, 3.8) is 0 Å². The lowest BCUT2D eigenvalue weighted by Gasteiger charge is -2.20. The molecule has 2 rings (SSSR count). The summed E-state index contributed by atoms with van der Waals surface area (Å²) in [4.78, 5) is 11.6. The number of sulfonamides is 1. The smallest absolute Gasteiger partial charge is 0.223 e. The van der Waals surface area contributed by atoms with Gasteiger partial charge in [0.1, 0.15) is 0 Å². The second-order valence-corrected chi connectivity index (χ2v) is 8.54. The molecule has 0 unspecified atom stereocenters. The third-order valence-corrected chi connectivity index (χ3v) is 5.61. The fourth-order valence-corrected chi connectivity index (χ4v) is 3.56. The number of carbonyl (C=O) groups is 1. The van der Waals surface area contributed by atoms with E-state index in [0.29, 0.717) is 29.6 Å². The molecule has 0 atom stereocenters. The predicted molar refractivity (Wildman–Crippen MR) is 92.3 cm³/mol. The molecule has 1 aromatic rings. The van der Waals surface area contributed by atoms with E-state index in [1.807, 2.05) is 0 Å². The van der Waals surface area contributed by atoms with E-state index in [1.54, 1.807) is 18.2 Å². The summed E-state index contributed by atoms with van der Waals surface area (Å²) in [5.41, 5.74) is 0.840. The fraction of sp³-hybridized carbons (Fsp3) is 0.533. The lowest BCUT2D eigenvalue weighted by molar-refractivity contribution is -0.122. The Balaban J connectivity index is 1.89. The molecule has 5 nitrogen and oxygen atoms in total. The molecule has 1 aliphatic carbocycles. The lowest BCUT2D eigenvalue weighted by Crippen LogP contribution is -2.39. The van der Waals surface area contributed by atoms with Crippen LogP contribution in [0.3, 0.4) is 0 Å². The van der Waals surface area contributed by atoms with Gasteiger partial charge < -0.3 is 5.32 Å². The Labute approximate surface area is 147 Å². The summed E-state index contributed by atoms with van der Waals surface area (Å²) < 4.78 is 25.1. The molecule has 0 bridgehead atoms. The van der Waals surface area contributed by atoms with Crippen LogP contribution in [0.25, 0.3) is 0 Å². The Bertz CT molecular complexity index is 675. The van der Waals surface area contributed by atoms with Crippen LogP contribution < -0.4 is 5.32 Å². The second-order valence-electron chi connectivity index (χ2n) is 5.71. The quantitative estimate of drug-likeness (QED) is 0.754. The number of rotatable bonds is 8. The maximum absolute atomic E-state index is 11.9. The summed E-state index contributed by atoms with van der Waals surface area (Å²) in [6.45, 7) is 0.874.